The number of imidazole rings is 1. The van der Waals surface area contributed by atoms with Crippen molar-refractivity contribution in [3.05, 3.63) is 66.1 Å². The maximum absolute atomic E-state index is 13.4. The Morgan fingerprint density at radius 2 is 1.88 bits per heavy atom. The van der Waals surface area contributed by atoms with Gasteiger partial charge in [-0.3, -0.25) is 0 Å². The average Bonchev–Trinajstić information content (AvgIpc) is 2.94. The molecule has 0 aliphatic carbocycles. The van der Waals surface area contributed by atoms with Crippen LogP contribution >= 0.6 is 0 Å². The Kier molecular flexibility index (Phi) is 4.33. The van der Waals surface area contributed by atoms with Crippen molar-refractivity contribution in [3.63, 3.8) is 0 Å². The number of sulfonamides is 1. The molecule has 5 nitrogen and oxygen atoms in total. The largest absolute Gasteiger partial charge is 0.303 e. The van der Waals surface area contributed by atoms with Gasteiger partial charge in [0.15, 0.2) is 0 Å². The summed E-state index contributed by atoms with van der Waals surface area (Å²) < 4.78 is 55.1. The summed E-state index contributed by atoms with van der Waals surface area (Å²) in [5.74, 6) is -1.86. The second-order valence-electron chi connectivity index (χ2n) is 5.21. The molecule has 3 rings (SSSR count). The molecule has 0 fully saturated rings. The molecule has 8 heteroatoms. The molecule has 0 saturated heterocycles. The summed E-state index contributed by atoms with van der Waals surface area (Å²) in [5.41, 5.74) is 1.35. The van der Waals surface area contributed by atoms with Crippen LogP contribution in [0.15, 0.2) is 53.7 Å². The van der Waals surface area contributed by atoms with Crippen LogP contribution in [-0.4, -0.2) is 28.7 Å². The number of hydrogen-bond acceptors (Lipinski definition) is 3. The molecule has 2 aromatic heterocycles. The number of benzene rings is 1. The number of hydrogen-bond donors (Lipinski definition) is 0. The molecular formula is C16H15F2N3O2S. The summed E-state index contributed by atoms with van der Waals surface area (Å²) >= 11 is 0. The fourth-order valence-electron chi connectivity index (χ4n) is 2.48. The van der Waals surface area contributed by atoms with E-state index in [1.807, 2.05) is 12.1 Å². The number of rotatable bonds is 5. The molecule has 0 atom stereocenters. The highest BCUT2D eigenvalue weighted by Gasteiger charge is 2.25. The van der Waals surface area contributed by atoms with Gasteiger partial charge in [-0.2, -0.15) is 4.31 Å². The molecule has 0 amide bonds. The molecule has 0 aliphatic rings. The van der Waals surface area contributed by atoms with Crippen molar-refractivity contribution in [2.75, 3.05) is 6.54 Å². The quantitative estimate of drug-likeness (QED) is 0.710. The first kappa shape index (κ1) is 16.5. The van der Waals surface area contributed by atoms with Crippen molar-refractivity contribution in [1.29, 1.82) is 0 Å². The van der Waals surface area contributed by atoms with E-state index in [4.69, 9.17) is 0 Å². The lowest BCUT2D eigenvalue weighted by atomic mass is 10.3. The SMILES string of the molecule is CCN(Cc1cnc2ccccn12)S(=O)(=O)c1cc(F)cc(F)c1. The maximum Gasteiger partial charge on any atom is 0.243 e. The highest BCUT2D eigenvalue weighted by molar-refractivity contribution is 7.89. The topological polar surface area (TPSA) is 54.7 Å². The predicted molar refractivity (Wildman–Crippen MR) is 84.8 cm³/mol. The molecule has 24 heavy (non-hydrogen) atoms. The molecule has 0 unspecified atom stereocenters. The van der Waals surface area contributed by atoms with E-state index in [9.17, 15) is 17.2 Å². The molecule has 0 aliphatic heterocycles. The number of nitrogens with zero attached hydrogens (tertiary/aromatic N) is 3. The highest BCUT2D eigenvalue weighted by Crippen LogP contribution is 2.21. The zero-order valence-electron chi connectivity index (χ0n) is 12.9. The van der Waals surface area contributed by atoms with Gasteiger partial charge in [0, 0.05) is 18.8 Å². The van der Waals surface area contributed by atoms with E-state index in [0.29, 0.717) is 17.4 Å². The van der Waals surface area contributed by atoms with Gasteiger partial charge in [0.1, 0.15) is 17.3 Å². The Bertz CT molecular complexity index is 966. The molecule has 126 valence electrons. The highest BCUT2D eigenvalue weighted by atomic mass is 32.2. The lowest BCUT2D eigenvalue weighted by Gasteiger charge is -2.20. The van der Waals surface area contributed by atoms with Gasteiger partial charge in [-0.25, -0.2) is 22.2 Å². The smallest absolute Gasteiger partial charge is 0.243 e. The minimum atomic E-state index is -4.03. The van der Waals surface area contributed by atoms with E-state index in [0.717, 1.165) is 16.4 Å². The third kappa shape index (κ3) is 3.02. The van der Waals surface area contributed by atoms with Crippen molar-refractivity contribution in [2.24, 2.45) is 0 Å². The summed E-state index contributed by atoms with van der Waals surface area (Å²) in [6.45, 7) is 1.86. The molecule has 0 spiro atoms. The zero-order valence-corrected chi connectivity index (χ0v) is 13.7. The molecule has 1 aromatic carbocycles. The van der Waals surface area contributed by atoms with Gasteiger partial charge in [0.25, 0.3) is 0 Å². The molecule has 0 bridgehead atoms. The number of halogens is 2. The summed E-state index contributed by atoms with van der Waals surface area (Å²) in [5, 5.41) is 0. The predicted octanol–water partition coefficient (Wildman–Crippen LogP) is 2.82. The fourth-order valence-corrected chi connectivity index (χ4v) is 3.94. The lowest BCUT2D eigenvalue weighted by molar-refractivity contribution is 0.417. The van der Waals surface area contributed by atoms with Crippen LogP contribution in [0.5, 0.6) is 0 Å². The van der Waals surface area contributed by atoms with Gasteiger partial charge >= 0.3 is 0 Å². The Morgan fingerprint density at radius 3 is 2.54 bits per heavy atom. The monoisotopic (exact) mass is 351 g/mol. The van der Waals surface area contributed by atoms with E-state index >= 15 is 0 Å². The van der Waals surface area contributed by atoms with Crippen molar-refractivity contribution < 1.29 is 17.2 Å². The zero-order chi connectivity index (χ0) is 17.3. The Balaban J connectivity index is 1.98. The molecule has 0 radical (unpaired) electrons. The Labute approximate surface area is 138 Å². The Hall–Kier alpha value is -2.32. The van der Waals surface area contributed by atoms with Crippen LogP contribution in [0.2, 0.25) is 0 Å². The van der Waals surface area contributed by atoms with Crippen LogP contribution in [0.1, 0.15) is 12.6 Å². The summed E-state index contributed by atoms with van der Waals surface area (Å²) in [6, 6.07) is 7.71. The van der Waals surface area contributed by atoms with Crippen LogP contribution in [-0.2, 0) is 16.6 Å². The number of aromatic nitrogens is 2. The standard InChI is InChI=1S/C16H15F2N3O2S/c1-2-20(11-14-10-19-16-5-3-4-6-21(14)16)24(22,23)15-8-12(17)7-13(18)9-15/h3-10H,2,11H2,1H3. The summed E-state index contributed by atoms with van der Waals surface area (Å²) in [7, 11) is -4.03. The molecular weight excluding hydrogens is 336 g/mol. The first-order valence-corrected chi connectivity index (χ1v) is 8.73. The van der Waals surface area contributed by atoms with Crippen molar-refractivity contribution in [3.8, 4) is 0 Å². The van der Waals surface area contributed by atoms with Gasteiger partial charge in [-0.1, -0.05) is 13.0 Å². The Morgan fingerprint density at radius 1 is 1.17 bits per heavy atom. The number of fused-ring (bicyclic) bond motifs is 1. The third-order valence-corrected chi connectivity index (χ3v) is 5.56. The molecule has 0 saturated carbocycles. The average molecular weight is 351 g/mol. The molecule has 3 aromatic rings. The van der Waals surface area contributed by atoms with Crippen molar-refractivity contribution in [1.82, 2.24) is 13.7 Å². The van der Waals surface area contributed by atoms with Gasteiger partial charge in [-0.15, -0.1) is 0 Å². The van der Waals surface area contributed by atoms with Crippen LogP contribution in [0.4, 0.5) is 8.78 Å². The van der Waals surface area contributed by atoms with Gasteiger partial charge < -0.3 is 4.40 Å². The van der Waals surface area contributed by atoms with Crippen molar-refractivity contribution in [2.45, 2.75) is 18.4 Å². The van der Waals surface area contributed by atoms with Crippen LogP contribution in [0.25, 0.3) is 5.65 Å². The van der Waals surface area contributed by atoms with Crippen LogP contribution in [0, 0.1) is 11.6 Å². The van der Waals surface area contributed by atoms with Crippen LogP contribution in [0.3, 0.4) is 0 Å². The van der Waals surface area contributed by atoms with Crippen LogP contribution < -0.4 is 0 Å². The van der Waals surface area contributed by atoms with E-state index < -0.39 is 26.6 Å². The number of pyridine rings is 1. The van der Waals surface area contributed by atoms with E-state index in [-0.39, 0.29) is 13.1 Å². The van der Waals surface area contributed by atoms with E-state index in [1.165, 1.54) is 0 Å². The molecule has 0 N–H and O–H groups in total. The summed E-state index contributed by atoms with van der Waals surface area (Å²) in [6.07, 6.45) is 3.36. The lowest BCUT2D eigenvalue weighted by Crippen LogP contribution is -2.31. The van der Waals surface area contributed by atoms with Crippen molar-refractivity contribution >= 4 is 15.7 Å². The first-order chi connectivity index (χ1) is 11.4. The van der Waals surface area contributed by atoms with Gasteiger partial charge in [-0.05, 0) is 24.3 Å². The molecule has 2 heterocycles. The minimum Gasteiger partial charge on any atom is -0.303 e. The second-order valence-corrected chi connectivity index (χ2v) is 7.15. The van der Waals surface area contributed by atoms with Gasteiger partial charge in [0.05, 0.1) is 23.3 Å². The van der Waals surface area contributed by atoms with E-state index in [2.05, 4.69) is 4.98 Å². The fraction of sp³-hybridized carbons (Fsp3) is 0.188. The van der Waals surface area contributed by atoms with E-state index in [1.54, 1.807) is 29.8 Å². The minimum absolute atomic E-state index is 0.0438. The maximum atomic E-state index is 13.4. The third-order valence-electron chi connectivity index (χ3n) is 3.66. The first-order valence-electron chi connectivity index (χ1n) is 7.29. The normalized spacial score (nSPS) is 12.2. The second kappa shape index (κ2) is 6.29. The van der Waals surface area contributed by atoms with Gasteiger partial charge in [0.2, 0.25) is 10.0 Å². The summed E-state index contributed by atoms with van der Waals surface area (Å²) in [4.78, 5) is 3.80.